The van der Waals surface area contributed by atoms with Crippen molar-refractivity contribution in [2.45, 2.75) is 51.2 Å². The van der Waals surface area contributed by atoms with Gasteiger partial charge in [-0.05, 0) is 26.7 Å². The molecule has 0 spiro atoms. The van der Waals surface area contributed by atoms with Crippen molar-refractivity contribution in [3.8, 4) is 0 Å². The minimum atomic E-state index is -3.56. The fourth-order valence-electron chi connectivity index (χ4n) is 2.33. The van der Waals surface area contributed by atoms with Crippen LogP contribution in [0.25, 0.3) is 0 Å². The van der Waals surface area contributed by atoms with Gasteiger partial charge in [-0.1, -0.05) is 6.92 Å². The normalized spacial score (nSPS) is 16.5. The summed E-state index contributed by atoms with van der Waals surface area (Å²) >= 11 is 0. The Morgan fingerprint density at radius 1 is 1.33 bits per heavy atom. The summed E-state index contributed by atoms with van der Waals surface area (Å²) in [4.78, 5) is 0.149. The number of nitrogens with zero attached hydrogens (tertiary/aromatic N) is 1. The van der Waals surface area contributed by atoms with Gasteiger partial charge in [0.05, 0.1) is 6.61 Å². The van der Waals surface area contributed by atoms with Crippen LogP contribution in [0.5, 0.6) is 0 Å². The summed E-state index contributed by atoms with van der Waals surface area (Å²) in [5, 5.41) is 9.34. The fourth-order valence-corrected chi connectivity index (χ4v) is 4.44. The molecule has 18 heavy (non-hydrogen) atoms. The Kier molecular flexibility index (Phi) is 3.53. The van der Waals surface area contributed by atoms with Gasteiger partial charge >= 0.3 is 0 Å². The Morgan fingerprint density at radius 2 is 1.94 bits per heavy atom. The average Bonchev–Trinajstić information content (AvgIpc) is 3.04. The summed E-state index contributed by atoms with van der Waals surface area (Å²) in [6.45, 7) is 5.25. The molecule has 0 saturated heterocycles. The first-order valence-electron chi connectivity index (χ1n) is 6.15. The van der Waals surface area contributed by atoms with Crippen LogP contribution >= 0.6 is 0 Å². The molecule has 0 bridgehead atoms. The third kappa shape index (κ3) is 2.08. The molecule has 5 nitrogen and oxygen atoms in total. The van der Waals surface area contributed by atoms with Gasteiger partial charge in [-0.25, -0.2) is 8.42 Å². The Balaban J connectivity index is 2.52. The Hall–Kier alpha value is -0.850. The van der Waals surface area contributed by atoms with Crippen molar-refractivity contribution in [3.05, 3.63) is 17.1 Å². The van der Waals surface area contributed by atoms with E-state index in [1.165, 1.54) is 4.31 Å². The quantitative estimate of drug-likeness (QED) is 0.884. The molecule has 1 heterocycles. The highest BCUT2D eigenvalue weighted by molar-refractivity contribution is 7.89. The van der Waals surface area contributed by atoms with Crippen LogP contribution in [0.1, 0.15) is 36.8 Å². The minimum absolute atomic E-state index is 0.112. The molecule has 0 aliphatic heterocycles. The number of aryl methyl sites for hydroxylation is 2. The molecule has 1 fully saturated rings. The van der Waals surface area contributed by atoms with Crippen LogP contribution in [-0.2, 0) is 16.6 Å². The molecule has 1 aromatic heterocycles. The zero-order valence-electron chi connectivity index (χ0n) is 10.9. The topological polar surface area (TPSA) is 70.8 Å². The van der Waals surface area contributed by atoms with E-state index in [1.54, 1.807) is 13.8 Å². The smallest absolute Gasteiger partial charge is 0.247 e. The zero-order chi connectivity index (χ0) is 13.5. The molecule has 2 rings (SSSR count). The second kappa shape index (κ2) is 4.68. The molecule has 1 saturated carbocycles. The molecule has 102 valence electrons. The average molecular weight is 273 g/mol. The van der Waals surface area contributed by atoms with Gasteiger partial charge in [-0.3, -0.25) is 0 Å². The predicted molar refractivity (Wildman–Crippen MR) is 66.7 cm³/mol. The number of hydrogen-bond acceptors (Lipinski definition) is 4. The van der Waals surface area contributed by atoms with Crippen LogP contribution in [0.4, 0.5) is 0 Å². The molecule has 0 unspecified atom stereocenters. The van der Waals surface area contributed by atoms with Gasteiger partial charge < -0.3 is 9.52 Å². The van der Waals surface area contributed by atoms with Crippen molar-refractivity contribution in [1.29, 1.82) is 0 Å². The van der Waals surface area contributed by atoms with Crippen molar-refractivity contribution in [2.24, 2.45) is 0 Å². The number of aliphatic hydroxyl groups is 1. The second-order valence-corrected chi connectivity index (χ2v) is 6.45. The number of rotatable bonds is 5. The van der Waals surface area contributed by atoms with E-state index in [4.69, 9.17) is 4.42 Å². The Morgan fingerprint density at radius 3 is 2.39 bits per heavy atom. The van der Waals surface area contributed by atoms with Crippen molar-refractivity contribution in [1.82, 2.24) is 4.31 Å². The third-order valence-electron chi connectivity index (χ3n) is 3.32. The minimum Gasteiger partial charge on any atom is -0.465 e. The predicted octanol–water partition coefficient (Wildman–Crippen LogP) is 1.56. The lowest BCUT2D eigenvalue weighted by molar-refractivity contribution is 0.276. The third-order valence-corrected chi connectivity index (χ3v) is 5.54. The first-order valence-corrected chi connectivity index (χ1v) is 7.59. The monoisotopic (exact) mass is 273 g/mol. The highest BCUT2D eigenvalue weighted by Gasteiger charge is 2.39. The summed E-state index contributed by atoms with van der Waals surface area (Å²) in [6, 6.07) is 0.112. The van der Waals surface area contributed by atoms with Crippen molar-refractivity contribution in [2.75, 3.05) is 6.54 Å². The van der Waals surface area contributed by atoms with Crippen LogP contribution in [0.2, 0.25) is 0 Å². The van der Waals surface area contributed by atoms with Gasteiger partial charge in [0.2, 0.25) is 10.0 Å². The van der Waals surface area contributed by atoms with E-state index in [2.05, 4.69) is 0 Å². The summed E-state index contributed by atoms with van der Waals surface area (Å²) in [6.07, 6.45) is 1.83. The Bertz CT molecular complexity index is 543. The van der Waals surface area contributed by atoms with Crippen molar-refractivity contribution >= 4 is 10.0 Å². The molecular weight excluding hydrogens is 254 g/mol. The summed E-state index contributed by atoms with van der Waals surface area (Å²) in [5.74, 6) is 0.830. The molecule has 0 aromatic carbocycles. The van der Waals surface area contributed by atoms with Crippen LogP contribution in [0.3, 0.4) is 0 Å². The zero-order valence-corrected chi connectivity index (χ0v) is 11.7. The lowest BCUT2D eigenvalue weighted by Gasteiger charge is -2.20. The van der Waals surface area contributed by atoms with Gasteiger partial charge in [0.25, 0.3) is 0 Å². The van der Waals surface area contributed by atoms with Crippen LogP contribution in [0, 0.1) is 13.8 Å². The van der Waals surface area contributed by atoms with E-state index in [0.717, 1.165) is 12.8 Å². The van der Waals surface area contributed by atoms with E-state index in [-0.39, 0.29) is 17.5 Å². The first kappa shape index (κ1) is 13.6. The highest BCUT2D eigenvalue weighted by Crippen LogP contribution is 2.35. The number of hydrogen-bond donors (Lipinski definition) is 1. The van der Waals surface area contributed by atoms with E-state index < -0.39 is 10.0 Å². The molecule has 0 radical (unpaired) electrons. The van der Waals surface area contributed by atoms with Gasteiger partial charge in [-0.2, -0.15) is 4.31 Å². The maximum Gasteiger partial charge on any atom is 0.247 e. The lowest BCUT2D eigenvalue weighted by atomic mass is 10.2. The highest BCUT2D eigenvalue weighted by atomic mass is 32.2. The molecule has 1 aromatic rings. The number of sulfonamides is 1. The van der Waals surface area contributed by atoms with E-state index in [1.807, 2.05) is 6.92 Å². The van der Waals surface area contributed by atoms with E-state index in [0.29, 0.717) is 23.6 Å². The van der Waals surface area contributed by atoms with Crippen molar-refractivity contribution < 1.29 is 17.9 Å². The Labute approximate surface area is 107 Å². The van der Waals surface area contributed by atoms with Gasteiger partial charge in [-0.15, -0.1) is 0 Å². The molecule has 6 heteroatoms. The van der Waals surface area contributed by atoms with E-state index >= 15 is 0 Å². The van der Waals surface area contributed by atoms with Crippen LogP contribution in [0.15, 0.2) is 9.31 Å². The van der Waals surface area contributed by atoms with Crippen LogP contribution < -0.4 is 0 Å². The maximum atomic E-state index is 12.6. The molecule has 0 atom stereocenters. The number of aliphatic hydroxyl groups excluding tert-OH is 1. The molecule has 1 aliphatic carbocycles. The largest absolute Gasteiger partial charge is 0.465 e. The fraction of sp³-hybridized carbons (Fsp3) is 0.667. The maximum absolute atomic E-state index is 12.6. The first-order chi connectivity index (χ1) is 8.43. The molecule has 1 aliphatic rings. The summed E-state index contributed by atoms with van der Waals surface area (Å²) in [5.41, 5.74) is 0.381. The number of furan rings is 1. The summed E-state index contributed by atoms with van der Waals surface area (Å²) in [7, 11) is -3.56. The molecule has 1 N–H and O–H groups in total. The van der Waals surface area contributed by atoms with Gasteiger partial charge in [0, 0.05) is 18.2 Å². The standard InChI is InChI=1S/C12H19NO4S/c1-4-13(10-5-6-10)18(15,16)12-9(3)17-8(2)11(12)7-14/h10,14H,4-7H2,1-3H3. The van der Waals surface area contributed by atoms with E-state index in [9.17, 15) is 13.5 Å². The SMILES string of the molecule is CCN(C1CC1)S(=O)(=O)c1c(C)oc(C)c1CO. The van der Waals surface area contributed by atoms with Gasteiger partial charge in [0.1, 0.15) is 16.4 Å². The van der Waals surface area contributed by atoms with Crippen LogP contribution in [-0.4, -0.2) is 30.4 Å². The summed E-state index contributed by atoms with van der Waals surface area (Å²) < 4.78 is 32.1. The lowest BCUT2D eigenvalue weighted by Crippen LogP contribution is -2.33. The molecular formula is C12H19NO4S. The van der Waals surface area contributed by atoms with Crippen molar-refractivity contribution in [3.63, 3.8) is 0 Å². The van der Waals surface area contributed by atoms with Gasteiger partial charge in [0.15, 0.2) is 0 Å². The second-order valence-electron chi connectivity index (χ2n) is 4.62. The molecule has 0 amide bonds.